The van der Waals surface area contributed by atoms with Crippen LogP contribution in [0.15, 0.2) is 0 Å². The quantitative estimate of drug-likeness (QED) is 0.616. The van der Waals surface area contributed by atoms with E-state index in [1.165, 1.54) is 0 Å². The second kappa shape index (κ2) is 4.80. The maximum absolute atomic E-state index is 5.17. The van der Waals surface area contributed by atoms with Crippen LogP contribution in [-0.4, -0.2) is 52.5 Å². The van der Waals surface area contributed by atoms with Crippen molar-refractivity contribution >= 4 is 0 Å². The van der Waals surface area contributed by atoms with Crippen LogP contribution in [0, 0.1) is 11.8 Å². The van der Waals surface area contributed by atoms with Crippen LogP contribution in [0.3, 0.4) is 0 Å². The molecule has 0 bridgehead atoms. The van der Waals surface area contributed by atoms with Crippen molar-refractivity contribution in [3.8, 4) is 0 Å². The highest BCUT2D eigenvalue weighted by Gasteiger charge is 2.30. The van der Waals surface area contributed by atoms with Gasteiger partial charge >= 0.3 is 0 Å². The van der Waals surface area contributed by atoms with E-state index < -0.39 is 0 Å². The van der Waals surface area contributed by atoms with Crippen LogP contribution in [-0.2, 0) is 9.47 Å². The number of likely N-dealkylation sites (tertiary alicyclic amines) is 1. The van der Waals surface area contributed by atoms with Gasteiger partial charge in [0.2, 0.25) is 0 Å². The van der Waals surface area contributed by atoms with Crippen molar-refractivity contribution in [2.45, 2.75) is 0 Å². The Morgan fingerprint density at radius 1 is 1.08 bits per heavy atom. The minimum atomic E-state index is 0.653. The highest BCUT2D eigenvalue weighted by molar-refractivity contribution is 4.81. The van der Waals surface area contributed by atoms with Crippen LogP contribution in [0.2, 0.25) is 0 Å². The lowest BCUT2D eigenvalue weighted by atomic mass is 9.98. The summed E-state index contributed by atoms with van der Waals surface area (Å²) in [6.45, 7) is 4.00. The molecule has 2 atom stereocenters. The van der Waals surface area contributed by atoms with E-state index >= 15 is 0 Å². The fraction of sp³-hybridized carbons (Fsp3) is 1.00. The summed E-state index contributed by atoms with van der Waals surface area (Å²) in [7, 11) is 5.68. The van der Waals surface area contributed by atoms with Crippen LogP contribution in [0.5, 0.6) is 0 Å². The molecule has 0 amide bonds. The number of methoxy groups -OCH3 is 2. The molecule has 1 aliphatic rings. The molecular weight excluding hydrogens is 154 g/mol. The first-order valence-corrected chi connectivity index (χ1v) is 4.44. The highest BCUT2D eigenvalue weighted by Crippen LogP contribution is 2.22. The smallest absolute Gasteiger partial charge is 0.0506 e. The Labute approximate surface area is 74.6 Å². The van der Waals surface area contributed by atoms with Crippen molar-refractivity contribution in [2.75, 3.05) is 47.6 Å². The summed E-state index contributed by atoms with van der Waals surface area (Å²) in [5.41, 5.74) is 0. The molecule has 0 aromatic heterocycles. The molecular formula is C9H19NO2. The molecule has 1 fully saturated rings. The second-order valence-electron chi connectivity index (χ2n) is 3.65. The summed E-state index contributed by atoms with van der Waals surface area (Å²) in [5.74, 6) is 1.31. The topological polar surface area (TPSA) is 21.7 Å². The van der Waals surface area contributed by atoms with Gasteiger partial charge < -0.3 is 14.4 Å². The van der Waals surface area contributed by atoms with Gasteiger partial charge in [-0.2, -0.15) is 0 Å². The molecule has 0 N–H and O–H groups in total. The maximum Gasteiger partial charge on any atom is 0.0506 e. The minimum Gasteiger partial charge on any atom is -0.384 e. The predicted molar refractivity (Wildman–Crippen MR) is 48.2 cm³/mol. The largest absolute Gasteiger partial charge is 0.384 e. The van der Waals surface area contributed by atoms with Gasteiger partial charge in [0.15, 0.2) is 0 Å². The van der Waals surface area contributed by atoms with Gasteiger partial charge in [-0.25, -0.2) is 0 Å². The van der Waals surface area contributed by atoms with Gasteiger partial charge in [-0.05, 0) is 7.05 Å². The first-order valence-electron chi connectivity index (χ1n) is 4.44. The molecule has 1 rings (SSSR count). The molecule has 1 aliphatic heterocycles. The Morgan fingerprint density at radius 3 is 1.83 bits per heavy atom. The van der Waals surface area contributed by atoms with Gasteiger partial charge in [0.25, 0.3) is 0 Å². The van der Waals surface area contributed by atoms with Crippen molar-refractivity contribution in [2.24, 2.45) is 11.8 Å². The molecule has 3 nitrogen and oxygen atoms in total. The van der Waals surface area contributed by atoms with Crippen LogP contribution in [0.25, 0.3) is 0 Å². The monoisotopic (exact) mass is 173 g/mol. The second-order valence-corrected chi connectivity index (χ2v) is 3.65. The van der Waals surface area contributed by atoms with Crippen LogP contribution >= 0.6 is 0 Å². The van der Waals surface area contributed by atoms with E-state index in [2.05, 4.69) is 11.9 Å². The fourth-order valence-electron chi connectivity index (χ4n) is 1.98. The Morgan fingerprint density at radius 2 is 1.50 bits per heavy atom. The summed E-state index contributed by atoms with van der Waals surface area (Å²) in [6.07, 6.45) is 0. The summed E-state index contributed by atoms with van der Waals surface area (Å²) in [4.78, 5) is 2.34. The number of nitrogens with zero attached hydrogens (tertiary/aromatic N) is 1. The van der Waals surface area contributed by atoms with E-state index in [4.69, 9.17) is 9.47 Å². The van der Waals surface area contributed by atoms with Crippen LogP contribution < -0.4 is 0 Å². The fourth-order valence-corrected chi connectivity index (χ4v) is 1.98. The standard InChI is InChI=1S/C9H19NO2/c1-10-4-8(6-11-2)9(5-10)7-12-3/h8-9H,4-7H2,1-3H3. The Bertz CT molecular complexity index is 116. The lowest BCUT2D eigenvalue weighted by molar-refractivity contribution is 0.0937. The highest BCUT2D eigenvalue weighted by atomic mass is 16.5. The zero-order chi connectivity index (χ0) is 8.97. The van der Waals surface area contributed by atoms with Crippen LogP contribution in [0.1, 0.15) is 0 Å². The van der Waals surface area contributed by atoms with Crippen molar-refractivity contribution in [1.82, 2.24) is 4.90 Å². The van der Waals surface area contributed by atoms with E-state index in [0.717, 1.165) is 26.3 Å². The molecule has 72 valence electrons. The van der Waals surface area contributed by atoms with Gasteiger partial charge in [0.05, 0.1) is 13.2 Å². The Balaban J connectivity index is 2.36. The first kappa shape index (κ1) is 9.96. The van der Waals surface area contributed by atoms with Crippen LogP contribution in [0.4, 0.5) is 0 Å². The number of hydrogen-bond acceptors (Lipinski definition) is 3. The maximum atomic E-state index is 5.17. The molecule has 1 heterocycles. The van der Waals surface area contributed by atoms with Crippen molar-refractivity contribution in [3.63, 3.8) is 0 Å². The summed E-state index contributed by atoms with van der Waals surface area (Å²) in [5, 5.41) is 0. The number of rotatable bonds is 4. The molecule has 12 heavy (non-hydrogen) atoms. The lowest BCUT2D eigenvalue weighted by Crippen LogP contribution is -2.21. The molecule has 0 aromatic carbocycles. The molecule has 2 unspecified atom stereocenters. The van der Waals surface area contributed by atoms with Gasteiger partial charge in [0, 0.05) is 39.1 Å². The van der Waals surface area contributed by atoms with Crippen molar-refractivity contribution < 1.29 is 9.47 Å². The SMILES string of the molecule is COCC1CN(C)CC1COC. The van der Waals surface area contributed by atoms with Gasteiger partial charge in [0.1, 0.15) is 0 Å². The summed E-state index contributed by atoms with van der Waals surface area (Å²) < 4.78 is 10.3. The van der Waals surface area contributed by atoms with Gasteiger partial charge in [-0.15, -0.1) is 0 Å². The number of ether oxygens (including phenoxy) is 2. The van der Waals surface area contributed by atoms with E-state index in [1.54, 1.807) is 14.2 Å². The Hall–Kier alpha value is -0.120. The van der Waals surface area contributed by atoms with Gasteiger partial charge in [-0.3, -0.25) is 0 Å². The zero-order valence-electron chi connectivity index (χ0n) is 8.25. The third-order valence-corrected chi connectivity index (χ3v) is 2.52. The molecule has 0 spiro atoms. The van der Waals surface area contributed by atoms with Crippen molar-refractivity contribution in [3.05, 3.63) is 0 Å². The van der Waals surface area contributed by atoms with E-state index in [-0.39, 0.29) is 0 Å². The summed E-state index contributed by atoms with van der Waals surface area (Å²) in [6, 6.07) is 0. The molecule has 0 radical (unpaired) electrons. The average Bonchev–Trinajstić information content (AvgIpc) is 2.33. The minimum absolute atomic E-state index is 0.653. The Kier molecular flexibility index (Phi) is 3.98. The zero-order valence-corrected chi connectivity index (χ0v) is 8.25. The van der Waals surface area contributed by atoms with Crippen molar-refractivity contribution in [1.29, 1.82) is 0 Å². The normalized spacial score (nSPS) is 31.2. The molecule has 3 heteroatoms. The predicted octanol–water partition coefficient (Wildman–Crippen LogP) is 0.457. The molecule has 0 aliphatic carbocycles. The first-order chi connectivity index (χ1) is 5.77. The van der Waals surface area contributed by atoms with E-state index in [9.17, 15) is 0 Å². The molecule has 0 aromatic rings. The third-order valence-electron chi connectivity index (χ3n) is 2.52. The lowest BCUT2D eigenvalue weighted by Gasteiger charge is -2.15. The van der Waals surface area contributed by atoms with E-state index in [0.29, 0.717) is 11.8 Å². The summed E-state index contributed by atoms with van der Waals surface area (Å²) >= 11 is 0. The van der Waals surface area contributed by atoms with Gasteiger partial charge in [-0.1, -0.05) is 0 Å². The third kappa shape index (κ3) is 2.44. The number of hydrogen-bond donors (Lipinski definition) is 0. The molecule has 1 saturated heterocycles. The average molecular weight is 173 g/mol. The van der Waals surface area contributed by atoms with E-state index in [1.807, 2.05) is 0 Å². The molecule has 0 saturated carbocycles.